The Bertz CT molecular complexity index is 679. The summed E-state index contributed by atoms with van der Waals surface area (Å²) < 4.78 is 14.9. The average molecular weight is 425 g/mol. The topological polar surface area (TPSA) is 50.4 Å². The maximum absolute atomic E-state index is 5.96. The molecule has 23 heavy (non-hydrogen) atoms. The summed E-state index contributed by atoms with van der Waals surface area (Å²) >= 11 is -0.0222. The zero-order chi connectivity index (χ0) is 15.5. The molecule has 1 saturated heterocycles. The van der Waals surface area contributed by atoms with Gasteiger partial charge >= 0.3 is 0 Å². The van der Waals surface area contributed by atoms with Crippen molar-refractivity contribution in [3.63, 3.8) is 0 Å². The minimum Gasteiger partial charge on any atom is -0.458 e. The molecule has 6 heteroatoms. The lowest BCUT2D eigenvalue weighted by molar-refractivity contribution is -0.00511. The minimum atomic E-state index is -0.0222. The molecule has 1 aromatic carbocycles. The fourth-order valence-corrected chi connectivity index (χ4v) is 4.66. The van der Waals surface area contributed by atoms with E-state index in [1.807, 2.05) is 10.4 Å². The second-order valence-corrected chi connectivity index (χ2v) is 8.22. The zero-order valence-electron chi connectivity index (χ0n) is 12.9. The molecule has 1 fully saturated rings. The first-order valence-corrected chi connectivity index (χ1v) is 10.3. The molecule has 2 aliphatic heterocycles. The number of benzene rings is 1. The second-order valence-electron chi connectivity index (χ2n) is 5.93. The second kappa shape index (κ2) is 7.11. The van der Waals surface area contributed by atoms with E-state index in [1.54, 1.807) is 6.33 Å². The van der Waals surface area contributed by atoms with Crippen LogP contribution in [0, 0.1) is 3.57 Å². The smallest absolute Gasteiger partial charge is 0.140 e. The monoisotopic (exact) mass is 425 g/mol. The van der Waals surface area contributed by atoms with Gasteiger partial charge in [0.25, 0.3) is 0 Å². The third-order valence-corrected chi connectivity index (χ3v) is 6.36. The van der Waals surface area contributed by atoms with Crippen LogP contribution in [-0.4, -0.2) is 38.3 Å². The highest BCUT2D eigenvalue weighted by molar-refractivity contribution is 14.2. The maximum Gasteiger partial charge on any atom is 0.140 e. The standard InChI is InChI=1S/C17H20IN3O2/c1-2-16-17(23-11-18-16)7-13(1)9-21-5-3-15(4-6-21)22-10-14-8-19-12-20-14/h1-2,7-8,11-12,15H,3-6,9-10H2,(H,19,20). The molecule has 0 aliphatic carbocycles. The van der Waals surface area contributed by atoms with Crippen molar-refractivity contribution in [1.29, 1.82) is 0 Å². The summed E-state index contributed by atoms with van der Waals surface area (Å²) in [7, 11) is 0. The lowest BCUT2D eigenvalue weighted by Gasteiger charge is -2.31. The van der Waals surface area contributed by atoms with Gasteiger partial charge in [0, 0.05) is 25.8 Å². The van der Waals surface area contributed by atoms with Crippen LogP contribution >= 0.6 is 20.7 Å². The van der Waals surface area contributed by atoms with Gasteiger partial charge in [-0.15, -0.1) is 0 Å². The molecule has 0 amide bonds. The molecule has 5 nitrogen and oxygen atoms in total. The van der Waals surface area contributed by atoms with E-state index in [9.17, 15) is 0 Å². The molecule has 0 radical (unpaired) electrons. The minimum absolute atomic E-state index is 0.0222. The van der Waals surface area contributed by atoms with Gasteiger partial charge in [-0.1, -0.05) is 6.07 Å². The quantitative estimate of drug-likeness (QED) is 0.749. The van der Waals surface area contributed by atoms with Gasteiger partial charge in [0.15, 0.2) is 0 Å². The van der Waals surface area contributed by atoms with Crippen LogP contribution in [0.4, 0.5) is 0 Å². The molecule has 0 spiro atoms. The highest BCUT2D eigenvalue weighted by atomic mass is 127. The number of halogens is 1. The predicted molar refractivity (Wildman–Crippen MR) is 97.5 cm³/mol. The normalized spacial score (nSPS) is 18.4. The molecule has 1 N–H and O–H groups in total. The van der Waals surface area contributed by atoms with Gasteiger partial charge in [-0.05, 0) is 51.3 Å². The average Bonchev–Trinajstić information content (AvgIpc) is 3.25. The number of ether oxygens (including phenoxy) is 2. The summed E-state index contributed by atoms with van der Waals surface area (Å²) in [6.07, 6.45) is 6.12. The van der Waals surface area contributed by atoms with Crippen LogP contribution in [0.25, 0.3) is 0 Å². The molecular weight excluding hydrogens is 405 g/mol. The number of fused-ring (bicyclic) bond motifs is 1. The first-order chi connectivity index (χ1) is 11.4. The number of nitrogens with one attached hydrogen (secondary N) is 1. The molecule has 122 valence electrons. The van der Waals surface area contributed by atoms with Crippen LogP contribution in [0.5, 0.6) is 5.75 Å². The Balaban J connectivity index is 1.25. The van der Waals surface area contributed by atoms with E-state index >= 15 is 0 Å². The first kappa shape index (κ1) is 15.3. The van der Waals surface area contributed by atoms with Gasteiger partial charge in [0.1, 0.15) is 9.95 Å². The van der Waals surface area contributed by atoms with Crippen LogP contribution in [0.15, 0.2) is 30.7 Å². The summed E-state index contributed by atoms with van der Waals surface area (Å²) in [5, 5.41) is 0. The summed E-state index contributed by atoms with van der Waals surface area (Å²) in [5.74, 6) is 1.08. The number of nitrogens with zero attached hydrogens (tertiary/aromatic N) is 2. The molecule has 0 bridgehead atoms. The first-order valence-electron chi connectivity index (χ1n) is 7.93. The molecule has 1 aromatic heterocycles. The Morgan fingerprint density at radius 2 is 2.26 bits per heavy atom. The number of hydrogen-bond donors (Lipinski definition) is 1. The third kappa shape index (κ3) is 3.81. The van der Waals surface area contributed by atoms with E-state index in [-0.39, 0.29) is 20.7 Å². The van der Waals surface area contributed by atoms with Crippen molar-refractivity contribution in [2.75, 3.05) is 13.1 Å². The number of rotatable bonds is 5. The summed E-state index contributed by atoms with van der Waals surface area (Å²) in [4.78, 5) is 9.66. The zero-order valence-corrected chi connectivity index (χ0v) is 15.0. The molecule has 4 rings (SSSR count). The SMILES string of the molecule is C1=Ic2ccc(CN3CCC(OCc4c[nH]cn4)CC3)cc2O1. The van der Waals surface area contributed by atoms with Crippen LogP contribution in [0.2, 0.25) is 0 Å². The summed E-state index contributed by atoms with van der Waals surface area (Å²) in [6.45, 7) is 3.78. The Hall–Kier alpha value is -1.25. The van der Waals surface area contributed by atoms with Gasteiger partial charge < -0.3 is 14.5 Å². The van der Waals surface area contributed by atoms with Gasteiger partial charge in [0.05, 0.1) is 28.3 Å². The van der Waals surface area contributed by atoms with Crippen molar-refractivity contribution in [3.8, 4) is 5.75 Å². The number of aromatic nitrogens is 2. The number of piperidine rings is 1. The van der Waals surface area contributed by atoms with Crippen molar-refractivity contribution in [2.45, 2.75) is 32.1 Å². The van der Waals surface area contributed by atoms with Gasteiger partial charge in [0.2, 0.25) is 0 Å². The number of likely N-dealkylation sites (tertiary alicyclic amines) is 1. The number of aromatic amines is 1. The van der Waals surface area contributed by atoms with Gasteiger partial charge in [-0.2, -0.15) is 0 Å². The maximum atomic E-state index is 5.96. The molecular formula is C17H20IN3O2. The Labute approximate surface area is 145 Å². The van der Waals surface area contributed by atoms with E-state index in [2.05, 4.69) is 33.1 Å². The highest BCUT2D eigenvalue weighted by Crippen LogP contribution is 2.30. The van der Waals surface area contributed by atoms with Crippen LogP contribution in [0.3, 0.4) is 0 Å². The fraction of sp³-hybridized carbons (Fsp3) is 0.412. The predicted octanol–water partition coefficient (Wildman–Crippen LogP) is 2.88. The van der Waals surface area contributed by atoms with Crippen LogP contribution in [0.1, 0.15) is 24.1 Å². The van der Waals surface area contributed by atoms with Crippen LogP contribution in [-0.2, 0) is 17.9 Å². The van der Waals surface area contributed by atoms with E-state index in [4.69, 9.17) is 9.47 Å². The molecule has 0 saturated carbocycles. The number of imidazole rings is 1. The lowest BCUT2D eigenvalue weighted by Crippen LogP contribution is -2.36. The van der Waals surface area contributed by atoms with Crippen molar-refractivity contribution in [2.24, 2.45) is 0 Å². The third-order valence-electron chi connectivity index (χ3n) is 4.29. The number of hydrogen-bond acceptors (Lipinski definition) is 4. The Morgan fingerprint density at radius 1 is 1.35 bits per heavy atom. The van der Waals surface area contributed by atoms with Crippen molar-refractivity contribution >= 4 is 24.9 Å². The van der Waals surface area contributed by atoms with Crippen LogP contribution < -0.4 is 4.74 Å². The van der Waals surface area contributed by atoms with Gasteiger partial charge in [-0.3, -0.25) is 4.90 Å². The Morgan fingerprint density at radius 3 is 3.09 bits per heavy atom. The van der Waals surface area contributed by atoms with E-state index in [0.29, 0.717) is 12.7 Å². The van der Waals surface area contributed by atoms with Crippen molar-refractivity contribution in [3.05, 3.63) is 45.6 Å². The van der Waals surface area contributed by atoms with E-state index in [1.165, 1.54) is 9.13 Å². The molecule has 0 unspecified atom stereocenters. The molecule has 0 atom stereocenters. The molecule has 3 heterocycles. The summed E-state index contributed by atoms with van der Waals surface area (Å²) in [6, 6.07) is 6.70. The van der Waals surface area contributed by atoms with E-state index in [0.717, 1.165) is 43.9 Å². The summed E-state index contributed by atoms with van der Waals surface area (Å²) in [5.41, 5.74) is 2.32. The van der Waals surface area contributed by atoms with Crippen molar-refractivity contribution in [1.82, 2.24) is 14.9 Å². The number of H-pyrrole nitrogens is 1. The molecule has 2 aromatic rings. The largest absolute Gasteiger partial charge is 0.458 e. The lowest BCUT2D eigenvalue weighted by atomic mass is 10.1. The fourth-order valence-electron chi connectivity index (χ4n) is 3.01. The Kier molecular flexibility index (Phi) is 4.72. The molecule has 2 aliphatic rings. The van der Waals surface area contributed by atoms with Gasteiger partial charge in [-0.25, -0.2) is 4.98 Å². The van der Waals surface area contributed by atoms with Crippen molar-refractivity contribution < 1.29 is 9.47 Å². The highest BCUT2D eigenvalue weighted by Gasteiger charge is 2.20. The van der Waals surface area contributed by atoms with E-state index < -0.39 is 0 Å².